The number of hydrogen-bond acceptors (Lipinski definition) is 4. The fraction of sp³-hybridized carbons (Fsp3) is 0.182. The van der Waals surface area contributed by atoms with Crippen molar-refractivity contribution in [3.8, 4) is 6.07 Å². The first-order valence-corrected chi connectivity index (χ1v) is 5.60. The summed E-state index contributed by atoms with van der Waals surface area (Å²) in [5.41, 5.74) is 10.6. The van der Waals surface area contributed by atoms with Gasteiger partial charge in [0.05, 0.1) is 5.69 Å². The number of nitrogens with zero attached hydrogens (tertiary/aromatic N) is 2. The molecule has 5 nitrogen and oxygen atoms in total. The first-order chi connectivity index (χ1) is 7.95. The van der Waals surface area contributed by atoms with Crippen LogP contribution in [0.3, 0.4) is 0 Å². The monoisotopic (exact) mass is 293 g/mol. The SMILES string of the molecule is Cc1cc(N/N=C(\C#N)C(=N)N)cc(C)c1Br. The van der Waals surface area contributed by atoms with Gasteiger partial charge in [-0.1, -0.05) is 15.9 Å². The van der Waals surface area contributed by atoms with Gasteiger partial charge in [0, 0.05) is 4.47 Å². The summed E-state index contributed by atoms with van der Waals surface area (Å²) in [6.45, 7) is 3.92. The largest absolute Gasteiger partial charge is 0.382 e. The highest BCUT2D eigenvalue weighted by Gasteiger charge is 2.03. The summed E-state index contributed by atoms with van der Waals surface area (Å²) in [5, 5.41) is 19.6. The molecule has 0 heterocycles. The Hall–Kier alpha value is -1.87. The maximum Gasteiger partial charge on any atom is 0.201 e. The molecule has 0 bridgehead atoms. The summed E-state index contributed by atoms with van der Waals surface area (Å²) in [6.07, 6.45) is 0. The van der Waals surface area contributed by atoms with Crippen LogP contribution in [0.4, 0.5) is 5.69 Å². The Labute approximate surface area is 108 Å². The maximum absolute atomic E-state index is 8.68. The second kappa shape index (κ2) is 5.46. The van der Waals surface area contributed by atoms with Crippen molar-refractivity contribution in [3.63, 3.8) is 0 Å². The summed E-state index contributed by atoms with van der Waals surface area (Å²) in [5.74, 6) is -0.356. The molecule has 0 aromatic heterocycles. The number of rotatable bonds is 3. The van der Waals surface area contributed by atoms with Gasteiger partial charge in [0.25, 0.3) is 0 Å². The summed E-state index contributed by atoms with van der Waals surface area (Å²) >= 11 is 3.46. The highest BCUT2D eigenvalue weighted by molar-refractivity contribution is 9.10. The summed E-state index contributed by atoms with van der Waals surface area (Å²) < 4.78 is 1.04. The summed E-state index contributed by atoms with van der Waals surface area (Å²) in [6, 6.07) is 5.51. The Kier molecular flexibility index (Phi) is 4.24. The molecule has 0 amide bonds. The van der Waals surface area contributed by atoms with Crippen LogP contribution in [0, 0.1) is 30.6 Å². The van der Waals surface area contributed by atoms with Crippen LogP contribution in [-0.2, 0) is 0 Å². The lowest BCUT2D eigenvalue weighted by atomic mass is 10.1. The maximum atomic E-state index is 8.68. The Morgan fingerprint density at radius 3 is 2.41 bits per heavy atom. The molecule has 0 aliphatic heterocycles. The van der Waals surface area contributed by atoms with E-state index >= 15 is 0 Å². The lowest BCUT2D eigenvalue weighted by Gasteiger charge is -2.07. The minimum absolute atomic E-state index is 0.136. The second-order valence-corrected chi connectivity index (χ2v) is 4.31. The van der Waals surface area contributed by atoms with Gasteiger partial charge in [-0.05, 0) is 37.1 Å². The smallest absolute Gasteiger partial charge is 0.201 e. The zero-order valence-electron chi connectivity index (χ0n) is 9.50. The molecule has 0 aliphatic carbocycles. The average Bonchev–Trinajstić information content (AvgIpc) is 2.26. The van der Waals surface area contributed by atoms with Crippen LogP contribution in [0.1, 0.15) is 11.1 Å². The predicted molar refractivity (Wildman–Crippen MR) is 72.2 cm³/mol. The van der Waals surface area contributed by atoms with Gasteiger partial charge in [0.15, 0.2) is 5.84 Å². The third-order valence-corrected chi connectivity index (χ3v) is 3.35. The normalized spacial score (nSPS) is 10.8. The third-order valence-electron chi connectivity index (χ3n) is 2.09. The van der Waals surface area contributed by atoms with Crippen LogP contribution in [0.25, 0.3) is 0 Å². The molecule has 4 N–H and O–H groups in total. The first kappa shape index (κ1) is 13.2. The van der Waals surface area contributed by atoms with E-state index in [4.69, 9.17) is 16.4 Å². The van der Waals surface area contributed by atoms with Crippen molar-refractivity contribution in [1.29, 1.82) is 10.7 Å². The van der Waals surface area contributed by atoms with Gasteiger partial charge < -0.3 is 5.73 Å². The Morgan fingerprint density at radius 2 is 2.00 bits per heavy atom. The van der Waals surface area contributed by atoms with Gasteiger partial charge in [-0.2, -0.15) is 10.4 Å². The van der Waals surface area contributed by atoms with Gasteiger partial charge in [0.2, 0.25) is 5.71 Å². The number of nitriles is 1. The molecular formula is C11H12BrN5. The topological polar surface area (TPSA) is 98.0 Å². The third kappa shape index (κ3) is 3.29. The molecule has 0 atom stereocenters. The molecule has 0 saturated heterocycles. The lowest BCUT2D eigenvalue weighted by Crippen LogP contribution is -2.21. The zero-order valence-corrected chi connectivity index (χ0v) is 11.1. The van der Waals surface area contributed by atoms with E-state index < -0.39 is 0 Å². The van der Waals surface area contributed by atoms with E-state index in [-0.39, 0.29) is 11.5 Å². The molecule has 0 unspecified atom stereocenters. The van der Waals surface area contributed by atoms with Gasteiger partial charge in [-0.25, -0.2) is 0 Å². The number of amidine groups is 1. The molecular weight excluding hydrogens is 282 g/mol. The predicted octanol–water partition coefficient (Wildman–Crippen LogP) is 2.29. The van der Waals surface area contributed by atoms with Crippen molar-refractivity contribution < 1.29 is 0 Å². The number of hydrazone groups is 1. The van der Waals surface area contributed by atoms with Gasteiger partial charge in [-0.15, -0.1) is 0 Å². The fourth-order valence-electron chi connectivity index (χ4n) is 1.28. The molecule has 6 heteroatoms. The number of aryl methyl sites for hydroxylation is 2. The molecule has 0 aliphatic rings. The van der Waals surface area contributed by atoms with Crippen LogP contribution in [0.2, 0.25) is 0 Å². The summed E-state index contributed by atoms with van der Waals surface area (Å²) in [7, 11) is 0. The van der Waals surface area contributed by atoms with Crippen molar-refractivity contribution in [2.75, 3.05) is 5.43 Å². The highest BCUT2D eigenvalue weighted by atomic mass is 79.9. The number of nitrogens with two attached hydrogens (primary N) is 1. The molecule has 1 rings (SSSR count). The number of benzene rings is 1. The molecule has 17 heavy (non-hydrogen) atoms. The van der Waals surface area contributed by atoms with Gasteiger partial charge in [-0.3, -0.25) is 10.8 Å². The molecule has 0 saturated carbocycles. The van der Waals surface area contributed by atoms with Crippen LogP contribution < -0.4 is 11.2 Å². The molecule has 88 valence electrons. The van der Waals surface area contributed by atoms with E-state index in [1.807, 2.05) is 26.0 Å². The molecule has 0 spiro atoms. The van der Waals surface area contributed by atoms with Crippen molar-refractivity contribution in [2.24, 2.45) is 10.8 Å². The fourth-order valence-corrected chi connectivity index (χ4v) is 1.51. The van der Waals surface area contributed by atoms with Gasteiger partial charge in [0.1, 0.15) is 6.07 Å². The average molecular weight is 294 g/mol. The standard InChI is InChI=1S/C11H12BrN5/c1-6-3-8(4-7(2)10(6)12)16-17-9(5-13)11(14)15/h3-4,16H,1-2H3,(H3,14,15)/b17-9+. The van der Waals surface area contributed by atoms with Crippen molar-refractivity contribution >= 4 is 33.2 Å². The minimum Gasteiger partial charge on any atom is -0.382 e. The second-order valence-electron chi connectivity index (χ2n) is 3.52. The Bertz CT molecular complexity index is 504. The highest BCUT2D eigenvalue weighted by Crippen LogP contribution is 2.24. The molecule has 1 aromatic rings. The number of hydrogen-bond donors (Lipinski definition) is 3. The van der Waals surface area contributed by atoms with Gasteiger partial charge >= 0.3 is 0 Å². The Morgan fingerprint density at radius 1 is 1.47 bits per heavy atom. The molecule has 1 aromatic carbocycles. The molecule has 0 fully saturated rings. The minimum atomic E-state index is -0.356. The van der Waals surface area contributed by atoms with E-state index in [2.05, 4.69) is 26.5 Å². The van der Waals surface area contributed by atoms with E-state index in [9.17, 15) is 0 Å². The van der Waals surface area contributed by atoms with E-state index in [1.165, 1.54) is 0 Å². The Balaban J connectivity index is 2.98. The lowest BCUT2D eigenvalue weighted by molar-refractivity contribution is 1.28. The van der Waals surface area contributed by atoms with Crippen LogP contribution in [-0.4, -0.2) is 11.5 Å². The van der Waals surface area contributed by atoms with Crippen molar-refractivity contribution in [3.05, 3.63) is 27.7 Å². The van der Waals surface area contributed by atoms with E-state index in [1.54, 1.807) is 6.07 Å². The number of halogens is 1. The van der Waals surface area contributed by atoms with Crippen LogP contribution in [0.5, 0.6) is 0 Å². The van der Waals surface area contributed by atoms with Crippen molar-refractivity contribution in [1.82, 2.24) is 0 Å². The quantitative estimate of drug-likeness (QED) is 0.453. The van der Waals surface area contributed by atoms with E-state index in [0.717, 1.165) is 21.3 Å². The summed E-state index contributed by atoms with van der Waals surface area (Å²) in [4.78, 5) is 0. The van der Waals surface area contributed by atoms with Crippen LogP contribution >= 0.6 is 15.9 Å². The first-order valence-electron chi connectivity index (χ1n) is 4.80. The number of anilines is 1. The number of nitrogens with one attached hydrogen (secondary N) is 2. The zero-order chi connectivity index (χ0) is 13.0. The van der Waals surface area contributed by atoms with Crippen molar-refractivity contribution in [2.45, 2.75) is 13.8 Å². The van der Waals surface area contributed by atoms with Crippen LogP contribution in [0.15, 0.2) is 21.7 Å². The molecule has 0 radical (unpaired) electrons. The van der Waals surface area contributed by atoms with E-state index in [0.29, 0.717) is 0 Å².